The maximum absolute atomic E-state index is 13.6. The van der Waals surface area contributed by atoms with Crippen molar-refractivity contribution in [1.29, 1.82) is 0 Å². The Hall–Kier alpha value is -2.21. The molecule has 0 radical (unpaired) electrons. The summed E-state index contributed by atoms with van der Waals surface area (Å²) >= 11 is 0. The third-order valence-electron chi connectivity index (χ3n) is 4.20. The second-order valence-corrected chi connectivity index (χ2v) is 8.11. The number of nitrogens with zero attached hydrogens (tertiary/aromatic N) is 1. The highest BCUT2D eigenvalue weighted by Crippen LogP contribution is 2.32. The molecule has 3 rings (SSSR count). The zero-order valence-electron chi connectivity index (χ0n) is 13.5. The third-order valence-corrected chi connectivity index (χ3v) is 5.31. The first kappa shape index (κ1) is 16.6. The second-order valence-electron chi connectivity index (χ2n) is 6.09. The maximum Gasteiger partial charge on any atom is 0.258 e. The number of rotatable bonds is 2. The molecule has 1 heterocycles. The smallest absolute Gasteiger partial charge is 0.258 e. The van der Waals surface area contributed by atoms with Crippen molar-refractivity contribution in [3.8, 4) is 0 Å². The standard InChI is InChI=1S/C18H18FNO3S/c1-12-9-15(19)10-13-6-4-8-20(17(12)13)18(21)14-5-3-7-16(11-14)24(2,22)23/h3,5,7,9-11H,4,6,8H2,1-2H3. The zero-order chi connectivity index (χ0) is 17.5. The normalized spacial score (nSPS) is 14.4. The number of hydrogen-bond donors (Lipinski definition) is 0. The first-order valence-electron chi connectivity index (χ1n) is 7.68. The van der Waals surface area contributed by atoms with Crippen LogP contribution in [0, 0.1) is 12.7 Å². The molecular formula is C18H18FNO3S. The second kappa shape index (κ2) is 6.02. The van der Waals surface area contributed by atoms with E-state index in [1.165, 1.54) is 24.3 Å². The largest absolute Gasteiger partial charge is 0.308 e. The van der Waals surface area contributed by atoms with E-state index in [-0.39, 0.29) is 16.6 Å². The summed E-state index contributed by atoms with van der Waals surface area (Å²) in [5.41, 5.74) is 2.57. The average Bonchev–Trinajstić information content (AvgIpc) is 2.52. The number of sulfone groups is 1. The maximum atomic E-state index is 13.6. The molecule has 4 nitrogen and oxygen atoms in total. The summed E-state index contributed by atoms with van der Waals surface area (Å²) in [6, 6.07) is 8.91. The fourth-order valence-electron chi connectivity index (χ4n) is 3.14. The minimum Gasteiger partial charge on any atom is -0.308 e. The molecule has 6 heteroatoms. The molecule has 0 fully saturated rings. The van der Waals surface area contributed by atoms with Crippen molar-refractivity contribution in [2.24, 2.45) is 0 Å². The van der Waals surface area contributed by atoms with E-state index in [2.05, 4.69) is 0 Å². The molecule has 24 heavy (non-hydrogen) atoms. The van der Waals surface area contributed by atoms with Crippen molar-refractivity contribution < 1.29 is 17.6 Å². The van der Waals surface area contributed by atoms with Crippen LogP contribution < -0.4 is 4.90 Å². The van der Waals surface area contributed by atoms with E-state index >= 15 is 0 Å². The molecule has 1 amide bonds. The highest BCUT2D eigenvalue weighted by atomic mass is 32.2. The Morgan fingerprint density at radius 2 is 1.96 bits per heavy atom. The molecule has 2 aromatic carbocycles. The Bertz CT molecular complexity index is 922. The van der Waals surface area contributed by atoms with Gasteiger partial charge < -0.3 is 4.90 Å². The van der Waals surface area contributed by atoms with Crippen LogP contribution in [-0.2, 0) is 16.3 Å². The van der Waals surface area contributed by atoms with Gasteiger partial charge in [0.05, 0.1) is 10.6 Å². The lowest BCUT2D eigenvalue weighted by Crippen LogP contribution is -2.36. The van der Waals surface area contributed by atoms with Gasteiger partial charge in [-0.25, -0.2) is 12.8 Å². The van der Waals surface area contributed by atoms with Crippen LogP contribution in [-0.4, -0.2) is 27.1 Å². The van der Waals surface area contributed by atoms with E-state index in [4.69, 9.17) is 0 Å². The van der Waals surface area contributed by atoms with E-state index in [9.17, 15) is 17.6 Å². The summed E-state index contributed by atoms with van der Waals surface area (Å²) in [4.78, 5) is 14.6. The first-order chi connectivity index (χ1) is 11.3. The SMILES string of the molecule is Cc1cc(F)cc2c1N(C(=O)c1cccc(S(C)(=O)=O)c1)CCC2. The van der Waals surface area contributed by atoms with Gasteiger partial charge in [-0.2, -0.15) is 0 Å². The lowest BCUT2D eigenvalue weighted by Gasteiger charge is -2.31. The van der Waals surface area contributed by atoms with Gasteiger partial charge in [-0.05, 0) is 61.2 Å². The molecule has 0 spiro atoms. The molecular weight excluding hydrogens is 329 g/mol. The van der Waals surface area contributed by atoms with Gasteiger partial charge in [0.1, 0.15) is 5.82 Å². The summed E-state index contributed by atoms with van der Waals surface area (Å²) in [5, 5.41) is 0. The number of halogens is 1. The van der Waals surface area contributed by atoms with Crippen molar-refractivity contribution in [3.63, 3.8) is 0 Å². The number of fused-ring (bicyclic) bond motifs is 1. The molecule has 0 aromatic heterocycles. The number of benzene rings is 2. The molecule has 0 unspecified atom stereocenters. The van der Waals surface area contributed by atoms with Crippen LogP contribution in [0.3, 0.4) is 0 Å². The highest BCUT2D eigenvalue weighted by Gasteiger charge is 2.26. The van der Waals surface area contributed by atoms with E-state index < -0.39 is 9.84 Å². The van der Waals surface area contributed by atoms with Crippen LogP contribution in [0.15, 0.2) is 41.3 Å². The van der Waals surface area contributed by atoms with Gasteiger partial charge in [0.25, 0.3) is 5.91 Å². The predicted octanol–water partition coefficient (Wildman–Crippen LogP) is 3.13. The molecule has 0 bridgehead atoms. The molecule has 0 N–H and O–H groups in total. The Morgan fingerprint density at radius 3 is 2.67 bits per heavy atom. The molecule has 2 aromatic rings. The Labute approximate surface area is 140 Å². The molecule has 126 valence electrons. The monoisotopic (exact) mass is 347 g/mol. The van der Waals surface area contributed by atoms with Gasteiger partial charge in [-0.3, -0.25) is 4.79 Å². The number of hydrogen-bond acceptors (Lipinski definition) is 3. The lowest BCUT2D eigenvalue weighted by atomic mass is 9.97. The van der Waals surface area contributed by atoms with Crippen molar-refractivity contribution >= 4 is 21.4 Å². The molecule has 1 aliphatic heterocycles. The first-order valence-corrected chi connectivity index (χ1v) is 9.57. The van der Waals surface area contributed by atoms with E-state index in [1.807, 2.05) is 0 Å². The van der Waals surface area contributed by atoms with Crippen LogP contribution >= 0.6 is 0 Å². The van der Waals surface area contributed by atoms with E-state index in [1.54, 1.807) is 24.0 Å². The number of amides is 1. The molecule has 0 aliphatic carbocycles. The fourth-order valence-corrected chi connectivity index (χ4v) is 3.81. The fraction of sp³-hybridized carbons (Fsp3) is 0.278. The van der Waals surface area contributed by atoms with Gasteiger partial charge in [0.15, 0.2) is 9.84 Å². The van der Waals surface area contributed by atoms with Crippen LogP contribution in [0.5, 0.6) is 0 Å². The predicted molar refractivity (Wildman–Crippen MR) is 90.7 cm³/mol. The number of carbonyl (C=O) groups is 1. The summed E-state index contributed by atoms with van der Waals surface area (Å²) in [5.74, 6) is -0.573. The van der Waals surface area contributed by atoms with Crippen LogP contribution in [0.25, 0.3) is 0 Å². The van der Waals surface area contributed by atoms with Crippen LogP contribution in [0.2, 0.25) is 0 Å². The Kier molecular flexibility index (Phi) is 4.17. The van der Waals surface area contributed by atoms with E-state index in [0.717, 1.165) is 30.3 Å². The van der Waals surface area contributed by atoms with Gasteiger partial charge in [0, 0.05) is 18.4 Å². The Balaban J connectivity index is 2.05. The van der Waals surface area contributed by atoms with Crippen LogP contribution in [0.4, 0.5) is 10.1 Å². The number of anilines is 1. The van der Waals surface area contributed by atoms with Crippen molar-refractivity contribution in [2.75, 3.05) is 17.7 Å². The summed E-state index contributed by atoms with van der Waals surface area (Å²) < 4.78 is 37.0. The molecule has 1 aliphatic rings. The summed E-state index contributed by atoms with van der Waals surface area (Å²) in [7, 11) is -3.38. The van der Waals surface area contributed by atoms with Crippen molar-refractivity contribution in [1.82, 2.24) is 0 Å². The quantitative estimate of drug-likeness (QED) is 0.839. The minimum atomic E-state index is -3.38. The highest BCUT2D eigenvalue weighted by molar-refractivity contribution is 7.90. The number of carbonyl (C=O) groups excluding carboxylic acids is 1. The van der Waals surface area contributed by atoms with Crippen molar-refractivity contribution in [3.05, 3.63) is 58.9 Å². The molecule has 0 saturated heterocycles. The van der Waals surface area contributed by atoms with E-state index in [0.29, 0.717) is 17.7 Å². The van der Waals surface area contributed by atoms with Gasteiger partial charge in [0.2, 0.25) is 0 Å². The number of aryl methyl sites for hydroxylation is 2. The lowest BCUT2D eigenvalue weighted by molar-refractivity contribution is 0.0984. The third kappa shape index (κ3) is 3.06. The minimum absolute atomic E-state index is 0.112. The summed E-state index contributed by atoms with van der Waals surface area (Å²) in [6.45, 7) is 2.31. The van der Waals surface area contributed by atoms with Crippen LogP contribution in [0.1, 0.15) is 27.9 Å². The zero-order valence-corrected chi connectivity index (χ0v) is 14.4. The van der Waals surface area contributed by atoms with Crippen molar-refractivity contribution in [2.45, 2.75) is 24.7 Å². The Morgan fingerprint density at radius 1 is 1.21 bits per heavy atom. The topological polar surface area (TPSA) is 54.5 Å². The average molecular weight is 347 g/mol. The van der Waals surface area contributed by atoms with Gasteiger partial charge >= 0.3 is 0 Å². The molecule has 0 saturated carbocycles. The van der Waals surface area contributed by atoms with Gasteiger partial charge in [-0.1, -0.05) is 6.07 Å². The molecule has 0 atom stereocenters. The summed E-state index contributed by atoms with van der Waals surface area (Å²) in [6.07, 6.45) is 2.58. The van der Waals surface area contributed by atoms with Gasteiger partial charge in [-0.15, -0.1) is 0 Å².